The Morgan fingerprint density at radius 3 is 2.91 bits per heavy atom. The van der Waals surface area contributed by atoms with Crippen LogP contribution >= 0.6 is 0 Å². The number of hydrogen-bond acceptors (Lipinski definition) is 3. The number of nitrogens with zero attached hydrogens (tertiary/aromatic N) is 1. The first-order valence-electron chi connectivity index (χ1n) is 7.55. The summed E-state index contributed by atoms with van der Waals surface area (Å²) < 4.78 is 18.7. The van der Waals surface area contributed by atoms with Crippen LogP contribution in [0.3, 0.4) is 0 Å². The van der Waals surface area contributed by atoms with Gasteiger partial charge in [-0.3, -0.25) is 4.79 Å². The number of amides is 1. The van der Waals surface area contributed by atoms with E-state index in [9.17, 15) is 14.3 Å². The van der Waals surface area contributed by atoms with E-state index in [0.29, 0.717) is 13.0 Å². The van der Waals surface area contributed by atoms with Gasteiger partial charge < -0.3 is 14.7 Å². The highest BCUT2D eigenvalue weighted by Gasteiger charge is 2.28. The van der Waals surface area contributed by atoms with Crippen molar-refractivity contribution in [3.8, 4) is 11.5 Å². The number of phenols is 1. The molecule has 120 valence electrons. The van der Waals surface area contributed by atoms with E-state index in [4.69, 9.17) is 4.74 Å². The Kier molecular flexibility index (Phi) is 4.19. The van der Waals surface area contributed by atoms with Gasteiger partial charge in [-0.1, -0.05) is 18.2 Å². The Morgan fingerprint density at radius 2 is 2.13 bits per heavy atom. The third-order valence-corrected chi connectivity index (χ3v) is 4.18. The van der Waals surface area contributed by atoms with Gasteiger partial charge in [0.25, 0.3) is 5.91 Å². The summed E-state index contributed by atoms with van der Waals surface area (Å²) in [5, 5.41) is 9.66. The van der Waals surface area contributed by atoms with E-state index in [0.717, 1.165) is 11.1 Å². The van der Waals surface area contributed by atoms with Gasteiger partial charge in [-0.2, -0.15) is 0 Å². The maximum absolute atomic E-state index is 13.3. The van der Waals surface area contributed by atoms with Crippen molar-refractivity contribution in [2.45, 2.75) is 19.4 Å². The van der Waals surface area contributed by atoms with Crippen LogP contribution in [0.25, 0.3) is 0 Å². The van der Waals surface area contributed by atoms with Crippen LogP contribution in [-0.4, -0.2) is 29.1 Å². The fourth-order valence-electron chi connectivity index (χ4n) is 2.94. The van der Waals surface area contributed by atoms with Gasteiger partial charge in [0, 0.05) is 6.54 Å². The van der Waals surface area contributed by atoms with Crippen LogP contribution in [0.4, 0.5) is 4.39 Å². The summed E-state index contributed by atoms with van der Waals surface area (Å²) in [6, 6.07) is 11.1. The number of benzene rings is 2. The number of hydrogen-bond donors (Lipinski definition) is 1. The molecule has 0 spiro atoms. The second kappa shape index (κ2) is 6.28. The van der Waals surface area contributed by atoms with Crippen LogP contribution in [0, 0.1) is 5.82 Å². The molecule has 0 bridgehead atoms. The number of carbonyl (C=O) groups is 1. The van der Waals surface area contributed by atoms with Crippen LogP contribution in [0.5, 0.6) is 11.5 Å². The molecule has 1 heterocycles. The Labute approximate surface area is 134 Å². The van der Waals surface area contributed by atoms with Gasteiger partial charge >= 0.3 is 0 Å². The Bertz CT molecular complexity index is 732. The van der Waals surface area contributed by atoms with Gasteiger partial charge in [-0.25, -0.2) is 4.39 Å². The molecule has 1 aliphatic rings. The van der Waals surface area contributed by atoms with Crippen molar-refractivity contribution in [2.24, 2.45) is 0 Å². The lowest BCUT2D eigenvalue weighted by molar-refractivity contribution is -0.136. The largest absolute Gasteiger partial charge is 0.504 e. The van der Waals surface area contributed by atoms with E-state index in [2.05, 4.69) is 0 Å². The van der Waals surface area contributed by atoms with E-state index in [1.165, 1.54) is 18.2 Å². The molecule has 0 fully saturated rings. The van der Waals surface area contributed by atoms with Crippen LogP contribution in [0.15, 0.2) is 42.5 Å². The summed E-state index contributed by atoms with van der Waals surface area (Å²) in [6.07, 6.45) is 0.625. The van der Waals surface area contributed by atoms with E-state index < -0.39 is 0 Å². The molecular formula is C18H18FNO3. The second-order valence-corrected chi connectivity index (χ2v) is 5.61. The van der Waals surface area contributed by atoms with E-state index in [-0.39, 0.29) is 35.9 Å². The van der Waals surface area contributed by atoms with Gasteiger partial charge in [-0.15, -0.1) is 0 Å². The third kappa shape index (κ3) is 3.13. The highest BCUT2D eigenvalue weighted by molar-refractivity contribution is 5.78. The lowest BCUT2D eigenvalue weighted by Gasteiger charge is -2.35. The number of carbonyl (C=O) groups excluding carboxylic acids is 1. The lowest BCUT2D eigenvalue weighted by Crippen LogP contribution is -2.41. The first-order chi connectivity index (χ1) is 11.1. The molecule has 0 aliphatic carbocycles. The Hall–Kier alpha value is -2.56. The molecule has 23 heavy (non-hydrogen) atoms. The highest BCUT2D eigenvalue weighted by atomic mass is 19.1. The number of rotatable bonds is 3. The van der Waals surface area contributed by atoms with Crippen molar-refractivity contribution >= 4 is 5.91 Å². The van der Waals surface area contributed by atoms with Crippen molar-refractivity contribution in [1.82, 2.24) is 4.90 Å². The monoisotopic (exact) mass is 315 g/mol. The average molecular weight is 315 g/mol. The molecular weight excluding hydrogens is 297 g/mol. The molecule has 3 rings (SSSR count). The van der Waals surface area contributed by atoms with Crippen LogP contribution < -0.4 is 4.74 Å². The number of fused-ring (bicyclic) bond motifs is 1. The molecule has 2 aromatic carbocycles. The number of phenolic OH excluding ortho intramolecular Hbond substituents is 1. The van der Waals surface area contributed by atoms with E-state index >= 15 is 0 Å². The van der Waals surface area contributed by atoms with E-state index in [1.54, 1.807) is 29.2 Å². The molecule has 1 N–H and O–H groups in total. The van der Waals surface area contributed by atoms with Crippen molar-refractivity contribution < 1.29 is 19.0 Å². The van der Waals surface area contributed by atoms with Gasteiger partial charge in [0.05, 0.1) is 6.04 Å². The van der Waals surface area contributed by atoms with Crippen molar-refractivity contribution in [1.29, 1.82) is 0 Å². The van der Waals surface area contributed by atoms with E-state index in [1.807, 2.05) is 6.92 Å². The van der Waals surface area contributed by atoms with Gasteiger partial charge in [-0.05, 0) is 48.7 Å². The Morgan fingerprint density at radius 1 is 1.35 bits per heavy atom. The zero-order chi connectivity index (χ0) is 16.4. The van der Waals surface area contributed by atoms with Crippen LogP contribution in [-0.2, 0) is 11.2 Å². The molecule has 2 aromatic rings. The van der Waals surface area contributed by atoms with Crippen LogP contribution in [0.1, 0.15) is 24.1 Å². The number of para-hydroxylation sites is 2. The molecule has 1 atom stereocenters. The molecule has 1 unspecified atom stereocenters. The topological polar surface area (TPSA) is 49.8 Å². The first-order valence-corrected chi connectivity index (χ1v) is 7.55. The summed E-state index contributed by atoms with van der Waals surface area (Å²) in [5.74, 6) is -0.116. The number of ether oxygens (including phenoxy) is 1. The maximum Gasteiger partial charge on any atom is 0.261 e. The maximum atomic E-state index is 13.3. The predicted octanol–water partition coefficient (Wildman–Crippen LogP) is 3.06. The van der Waals surface area contributed by atoms with Gasteiger partial charge in [0.2, 0.25) is 0 Å². The third-order valence-electron chi connectivity index (χ3n) is 4.18. The summed E-state index contributed by atoms with van der Waals surface area (Å²) >= 11 is 0. The fraction of sp³-hybridized carbons (Fsp3) is 0.278. The Balaban J connectivity index is 1.69. The standard InChI is InChI=1S/C18H18FNO3/c1-12-15-7-6-14(19)10-13(15)8-9-20(12)18(22)11-23-17-5-3-2-4-16(17)21/h2-7,10,12,21H,8-9,11H2,1H3. The smallest absolute Gasteiger partial charge is 0.261 e. The zero-order valence-electron chi connectivity index (χ0n) is 12.8. The minimum atomic E-state index is -0.251. The first kappa shape index (κ1) is 15.3. The average Bonchev–Trinajstić information content (AvgIpc) is 2.54. The van der Waals surface area contributed by atoms with Gasteiger partial charge in [0.15, 0.2) is 18.1 Å². The molecule has 1 amide bonds. The summed E-state index contributed by atoms with van der Waals surface area (Å²) in [5.41, 5.74) is 1.91. The molecule has 0 saturated heterocycles. The predicted molar refractivity (Wildman–Crippen MR) is 83.8 cm³/mol. The summed E-state index contributed by atoms with van der Waals surface area (Å²) in [4.78, 5) is 14.1. The zero-order valence-corrected chi connectivity index (χ0v) is 12.8. The van der Waals surface area contributed by atoms with Crippen molar-refractivity contribution in [3.63, 3.8) is 0 Å². The molecule has 4 nitrogen and oxygen atoms in total. The van der Waals surface area contributed by atoms with Gasteiger partial charge in [0.1, 0.15) is 5.82 Å². The molecule has 0 radical (unpaired) electrons. The summed E-state index contributed by atoms with van der Waals surface area (Å²) in [7, 11) is 0. The fourth-order valence-corrected chi connectivity index (χ4v) is 2.94. The normalized spacial score (nSPS) is 16.8. The van der Waals surface area contributed by atoms with Crippen molar-refractivity contribution in [3.05, 3.63) is 59.4 Å². The van der Waals surface area contributed by atoms with Crippen LogP contribution in [0.2, 0.25) is 0 Å². The molecule has 0 saturated carbocycles. The summed E-state index contributed by atoms with van der Waals surface area (Å²) in [6.45, 7) is 2.31. The molecule has 0 aromatic heterocycles. The van der Waals surface area contributed by atoms with Crippen molar-refractivity contribution in [2.75, 3.05) is 13.2 Å². The molecule has 1 aliphatic heterocycles. The SMILES string of the molecule is CC1c2ccc(F)cc2CCN1C(=O)COc1ccccc1O. The minimum absolute atomic E-state index is 0.00723. The number of halogens is 1. The quantitative estimate of drug-likeness (QED) is 0.947. The highest BCUT2D eigenvalue weighted by Crippen LogP contribution is 2.30. The molecule has 5 heteroatoms. The lowest BCUT2D eigenvalue weighted by atomic mass is 9.93. The number of aromatic hydroxyl groups is 1. The minimum Gasteiger partial charge on any atom is -0.504 e. The second-order valence-electron chi connectivity index (χ2n) is 5.61.